The molecule has 6 aromatic rings. The van der Waals surface area contributed by atoms with Crippen LogP contribution in [0.25, 0.3) is 21.5 Å². The summed E-state index contributed by atoms with van der Waals surface area (Å²) in [5, 5.41) is 21.6. The van der Waals surface area contributed by atoms with Gasteiger partial charge in [0, 0.05) is 16.3 Å². The molecule has 31 heteroatoms. The van der Waals surface area contributed by atoms with Crippen molar-refractivity contribution >= 4 is 109 Å². The zero-order chi connectivity index (χ0) is 39.9. The molecular formula is C29H17N6Na5O15S5. The van der Waals surface area contributed by atoms with Crippen molar-refractivity contribution in [1.82, 2.24) is 15.0 Å². The molecule has 5 aromatic carbocycles. The van der Waals surface area contributed by atoms with E-state index >= 15 is 0 Å². The third-order valence-corrected chi connectivity index (χ3v) is 11.3. The summed E-state index contributed by atoms with van der Waals surface area (Å²) in [7, 11) is -20.5. The summed E-state index contributed by atoms with van der Waals surface area (Å²) >= 11 is 0.325. The van der Waals surface area contributed by atoms with Gasteiger partial charge in [0.2, 0.25) is 17.8 Å². The summed E-state index contributed by atoms with van der Waals surface area (Å²) in [5.41, 5.74) is -0.0338. The van der Waals surface area contributed by atoms with Crippen LogP contribution in [0.3, 0.4) is 0 Å². The minimum absolute atomic E-state index is 0. The first-order chi connectivity index (χ1) is 25.7. The molecular weight excluding hydrogens is 948 g/mol. The average molecular weight is 965 g/mol. The number of anilines is 6. The first kappa shape index (κ1) is 57.9. The number of hydrogen-bond donors (Lipinski definition) is 3. The van der Waals surface area contributed by atoms with Crippen molar-refractivity contribution in [3.8, 4) is 0 Å². The van der Waals surface area contributed by atoms with E-state index in [1.807, 2.05) is 0 Å². The number of para-hydroxylation sites is 1. The topological polar surface area (TPSA) is 345 Å². The Kier molecular flexibility index (Phi) is 22.6. The third-order valence-electron chi connectivity index (χ3n) is 7.31. The van der Waals surface area contributed by atoms with Crippen LogP contribution in [0.5, 0.6) is 0 Å². The molecule has 1 aromatic heterocycles. The Hall–Kier alpha value is -0.100. The minimum Gasteiger partial charge on any atom is -0.744 e. The summed E-state index contributed by atoms with van der Waals surface area (Å²) in [6.45, 7) is 0. The van der Waals surface area contributed by atoms with Crippen molar-refractivity contribution in [1.29, 1.82) is 0 Å². The molecule has 0 saturated carbocycles. The molecule has 0 amide bonds. The van der Waals surface area contributed by atoms with Gasteiger partial charge in [0.15, 0.2) is 0 Å². The van der Waals surface area contributed by atoms with E-state index in [1.54, 1.807) is 0 Å². The molecule has 0 saturated heterocycles. The Morgan fingerprint density at radius 3 is 1.42 bits per heavy atom. The third kappa shape index (κ3) is 14.7. The molecule has 21 nitrogen and oxygen atoms in total. The van der Waals surface area contributed by atoms with Gasteiger partial charge in [-0.05, 0) is 82.2 Å². The van der Waals surface area contributed by atoms with Crippen molar-refractivity contribution in [3.05, 3.63) is 84.9 Å². The van der Waals surface area contributed by atoms with Crippen molar-refractivity contribution in [3.63, 3.8) is 0 Å². The number of rotatable bonds is 13. The zero-order valence-electron chi connectivity index (χ0n) is 31.6. The summed E-state index contributed by atoms with van der Waals surface area (Å²) in [4.78, 5) is 9.36. The van der Waals surface area contributed by atoms with Gasteiger partial charge in [-0.15, -0.1) is 0 Å². The van der Waals surface area contributed by atoms with Gasteiger partial charge >= 0.3 is 148 Å². The second-order valence-electron chi connectivity index (χ2n) is 10.9. The van der Waals surface area contributed by atoms with Gasteiger partial charge in [-0.3, -0.25) is 5.04 Å². The molecule has 0 aliphatic heterocycles. The predicted octanol–water partition coefficient (Wildman–Crippen LogP) is -12.7. The van der Waals surface area contributed by atoms with E-state index in [2.05, 4.69) is 40.3 Å². The molecule has 0 spiro atoms. The molecule has 0 aliphatic carbocycles. The van der Waals surface area contributed by atoms with E-state index in [-0.39, 0.29) is 209 Å². The van der Waals surface area contributed by atoms with Gasteiger partial charge in [-0.25, -0.2) is 33.7 Å². The van der Waals surface area contributed by atoms with E-state index in [0.29, 0.717) is 18.1 Å². The maximum Gasteiger partial charge on any atom is 1.00 e. The number of hydrogen-bond acceptors (Lipinski definition) is 22. The molecule has 6 rings (SSSR count). The summed E-state index contributed by atoms with van der Waals surface area (Å²) in [6, 6.07) is 16.1. The number of aromatic nitrogens is 3. The summed E-state index contributed by atoms with van der Waals surface area (Å²) in [6.07, 6.45) is 0. The Labute approximate surface area is 456 Å². The SMILES string of the molecule is O=S(=O)([O-])c1cc(S(=O)(=O)[O-])c2ccc(Nc3nc(Nc4ccc5c(S(=O)(=O)[O-])cc(SOO[O-])cc5c4)nc(Nc4ccccc4S(=O)(=O)[O-])n3)cc2c1.[Na+].[Na+].[Na+].[Na+].[Na+]. The average Bonchev–Trinajstić information content (AvgIpc) is 3.08. The maximum absolute atomic E-state index is 12.0. The minimum atomic E-state index is -5.26. The number of nitrogens with one attached hydrogen (secondary N) is 3. The van der Waals surface area contributed by atoms with Crippen LogP contribution in [-0.2, 0) is 49.8 Å². The van der Waals surface area contributed by atoms with Crippen LogP contribution in [0.4, 0.5) is 34.9 Å². The first-order valence-corrected chi connectivity index (χ1v) is 20.8. The summed E-state index contributed by atoms with van der Waals surface area (Å²) in [5.74, 6) is -0.974. The zero-order valence-corrected chi connectivity index (χ0v) is 45.7. The largest absolute Gasteiger partial charge is 1.00 e. The monoisotopic (exact) mass is 964 g/mol. The van der Waals surface area contributed by atoms with Crippen LogP contribution in [0, 0.1) is 0 Å². The second kappa shape index (κ2) is 23.4. The molecule has 0 fully saturated rings. The Morgan fingerprint density at radius 1 is 0.500 bits per heavy atom. The molecule has 288 valence electrons. The van der Waals surface area contributed by atoms with E-state index in [9.17, 15) is 57.1 Å². The molecule has 0 aliphatic rings. The van der Waals surface area contributed by atoms with Gasteiger partial charge in [-0.1, -0.05) is 24.3 Å². The van der Waals surface area contributed by atoms with E-state index < -0.39 is 60.1 Å². The van der Waals surface area contributed by atoms with Gasteiger partial charge in [0.05, 0.1) is 37.3 Å². The molecule has 60 heavy (non-hydrogen) atoms. The fourth-order valence-electron chi connectivity index (χ4n) is 5.14. The van der Waals surface area contributed by atoms with Crippen LogP contribution in [0.2, 0.25) is 0 Å². The molecule has 1 heterocycles. The van der Waals surface area contributed by atoms with Crippen molar-refractivity contribution < 1.29 is 214 Å². The second-order valence-corrected chi connectivity index (χ2v) is 17.1. The van der Waals surface area contributed by atoms with Crippen molar-refractivity contribution in [2.24, 2.45) is 0 Å². The molecule has 0 atom stereocenters. The van der Waals surface area contributed by atoms with Gasteiger partial charge in [-0.2, -0.15) is 19.3 Å². The van der Waals surface area contributed by atoms with E-state index in [1.165, 1.54) is 54.6 Å². The van der Waals surface area contributed by atoms with Crippen LogP contribution in [0.1, 0.15) is 0 Å². The molecule has 0 unspecified atom stereocenters. The molecule has 3 N–H and O–H groups in total. The maximum atomic E-state index is 12.0. The predicted molar refractivity (Wildman–Crippen MR) is 184 cm³/mol. The fourth-order valence-corrected chi connectivity index (χ4v) is 8.36. The standard InChI is InChI=1S/C29H22N6O15S5.5Na/c36-49-50-51-19-11-15-9-17(5-7-21(15)25(13-19)54(43,44)45)30-27-33-28(35-29(34-27)32-23-3-1-2-4-24(23)53(40,41)42)31-18-6-8-22-16(10-18)12-20(52(37,38)39)14-26(22)55(46,47)48;;;;;/h1-14,36H,(H,37,38,39)(H,40,41,42)(H,43,44,45)(H,46,47,48)(H3,30,31,32,33,34,35);;;;;/q;5*+1/p-5. The van der Waals surface area contributed by atoms with Gasteiger partial charge in [0.1, 0.15) is 40.5 Å². The van der Waals surface area contributed by atoms with Crippen LogP contribution in [0.15, 0.2) is 109 Å². The molecule has 0 bridgehead atoms. The number of benzene rings is 5. The van der Waals surface area contributed by atoms with Gasteiger partial charge < -0.3 is 39.4 Å². The van der Waals surface area contributed by atoms with Gasteiger partial charge in [0.25, 0.3) is 0 Å². The Morgan fingerprint density at radius 2 is 0.950 bits per heavy atom. The van der Waals surface area contributed by atoms with E-state index in [0.717, 1.165) is 24.3 Å². The quantitative estimate of drug-likeness (QED) is 0.0318. The smallest absolute Gasteiger partial charge is 0.744 e. The number of nitrogens with zero attached hydrogens (tertiary/aromatic N) is 3. The number of fused-ring (bicyclic) bond motifs is 2. The summed E-state index contributed by atoms with van der Waals surface area (Å²) < 4.78 is 147. The van der Waals surface area contributed by atoms with Crippen molar-refractivity contribution in [2.45, 2.75) is 24.5 Å². The van der Waals surface area contributed by atoms with E-state index in [4.69, 9.17) is 0 Å². The molecule has 0 radical (unpaired) electrons. The normalized spacial score (nSPS) is 11.5. The van der Waals surface area contributed by atoms with Crippen LogP contribution < -0.4 is 169 Å². The van der Waals surface area contributed by atoms with Crippen molar-refractivity contribution in [2.75, 3.05) is 16.0 Å². The van der Waals surface area contributed by atoms with Crippen LogP contribution in [-0.4, -0.2) is 66.8 Å². The Bertz CT molecular complexity index is 3000. The fraction of sp³-hybridized carbons (Fsp3) is 0. The first-order valence-electron chi connectivity index (χ1n) is 14.5. The Balaban J connectivity index is 0.00000360. The van der Waals surface area contributed by atoms with Crippen LogP contribution >= 0.6 is 12.0 Å².